The molecule has 4 heterocycles. The van der Waals surface area contributed by atoms with Crippen LogP contribution in [-0.2, 0) is 6.54 Å². The van der Waals surface area contributed by atoms with Gasteiger partial charge in [0, 0.05) is 32.7 Å². The maximum Gasteiger partial charge on any atom is 0.263 e. The zero-order chi connectivity index (χ0) is 14.2. The fourth-order valence-corrected chi connectivity index (χ4v) is 4.11. The molecule has 2 atom stereocenters. The van der Waals surface area contributed by atoms with E-state index in [1.807, 2.05) is 22.4 Å². The van der Waals surface area contributed by atoms with Crippen LogP contribution in [-0.4, -0.2) is 52.2 Å². The van der Waals surface area contributed by atoms with E-state index in [0.29, 0.717) is 11.8 Å². The molecule has 0 radical (unpaired) electrons. The van der Waals surface area contributed by atoms with Crippen molar-refractivity contribution >= 4 is 17.2 Å². The van der Waals surface area contributed by atoms with Gasteiger partial charge >= 0.3 is 0 Å². The lowest BCUT2D eigenvalue weighted by atomic mass is 10.0. The zero-order valence-corrected chi connectivity index (χ0v) is 12.3. The van der Waals surface area contributed by atoms with Gasteiger partial charge in [-0.2, -0.15) is 0 Å². The molecule has 2 aromatic rings. The van der Waals surface area contributed by atoms with Crippen LogP contribution in [0.2, 0.25) is 0 Å². The number of carbonyl (C=O) groups is 1. The number of nitrogens with zero attached hydrogens (tertiary/aromatic N) is 4. The Balaban J connectivity index is 1.36. The third-order valence-corrected chi connectivity index (χ3v) is 5.23. The predicted octanol–water partition coefficient (Wildman–Crippen LogP) is 1.34. The van der Waals surface area contributed by atoms with Gasteiger partial charge in [-0.25, -0.2) is 4.63 Å². The maximum absolute atomic E-state index is 12.4. The van der Waals surface area contributed by atoms with E-state index in [9.17, 15) is 4.79 Å². The molecule has 0 aromatic carbocycles. The summed E-state index contributed by atoms with van der Waals surface area (Å²) in [4.78, 5) is 17.6. The lowest BCUT2D eigenvalue weighted by molar-refractivity contribution is 0.0778. The highest BCUT2D eigenvalue weighted by Crippen LogP contribution is 2.32. The number of fused-ring (bicyclic) bond motifs is 1. The van der Waals surface area contributed by atoms with Crippen LogP contribution in [0.4, 0.5) is 0 Å². The van der Waals surface area contributed by atoms with Crippen LogP contribution in [0.25, 0.3) is 0 Å². The van der Waals surface area contributed by atoms with Gasteiger partial charge in [0.1, 0.15) is 5.69 Å². The van der Waals surface area contributed by atoms with Gasteiger partial charge in [0.2, 0.25) is 0 Å². The molecule has 6 nitrogen and oxygen atoms in total. The highest BCUT2D eigenvalue weighted by atomic mass is 32.1. The Morgan fingerprint density at radius 2 is 2.14 bits per heavy atom. The molecule has 2 saturated heterocycles. The van der Waals surface area contributed by atoms with Gasteiger partial charge < -0.3 is 4.90 Å². The summed E-state index contributed by atoms with van der Waals surface area (Å²) < 4.78 is 4.63. The number of thiophene rings is 1. The van der Waals surface area contributed by atoms with Crippen molar-refractivity contribution in [2.75, 3.05) is 26.2 Å². The Hall–Kier alpha value is -1.73. The fourth-order valence-electron chi connectivity index (χ4n) is 3.42. The van der Waals surface area contributed by atoms with E-state index in [1.54, 1.807) is 6.20 Å². The van der Waals surface area contributed by atoms with Crippen molar-refractivity contribution in [3.8, 4) is 0 Å². The zero-order valence-electron chi connectivity index (χ0n) is 11.5. The normalized spacial score (nSPS) is 25.4. The number of amides is 1. The molecule has 0 aliphatic carbocycles. The minimum absolute atomic E-state index is 0.187. The van der Waals surface area contributed by atoms with Crippen LogP contribution in [0, 0.1) is 11.8 Å². The average Bonchev–Trinajstić information content (AvgIpc) is 3.23. The lowest BCUT2D eigenvalue weighted by Gasteiger charge is -2.20. The minimum Gasteiger partial charge on any atom is -0.337 e. The number of aromatic nitrogens is 2. The molecule has 0 bridgehead atoms. The Morgan fingerprint density at radius 1 is 1.33 bits per heavy atom. The van der Waals surface area contributed by atoms with Crippen LogP contribution >= 0.6 is 11.3 Å². The quantitative estimate of drug-likeness (QED) is 0.856. The van der Waals surface area contributed by atoms with Gasteiger partial charge in [-0.05, 0) is 23.3 Å². The van der Waals surface area contributed by atoms with Crippen molar-refractivity contribution in [3.05, 3.63) is 34.3 Å². The summed E-state index contributed by atoms with van der Waals surface area (Å²) in [5.74, 6) is 1.34. The molecule has 7 heteroatoms. The summed E-state index contributed by atoms with van der Waals surface area (Å²) in [7, 11) is 0. The van der Waals surface area contributed by atoms with Gasteiger partial charge in [0.25, 0.3) is 5.91 Å². The summed E-state index contributed by atoms with van der Waals surface area (Å²) >= 11 is 1.52. The number of hydrogen-bond acceptors (Lipinski definition) is 6. The summed E-state index contributed by atoms with van der Waals surface area (Å²) in [5.41, 5.74) is 0.876. The van der Waals surface area contributed by atoms with Crippen LogP contribution in [0.3, 0.4) is 0 Å². The third kappa shape index (κ3) is 2.47. The van der Waals surface area contributed by atoms with E-state index >= 15 is 0 Å². The van der Waals surface area contributed by atoms with Crippen molar-refractivity contribution in [3.63, 3.8) is 0 Å². The minimum atomic E-state index is 0.187. The number of likely N-dealkylation sites (tertiary alicyclic amines) is 2. The summed E-state index contributed by atoms with van der Waals surface area (Å²) in [5, 5.41) is 9.45. The Kier molecular flexibility index (Phi) is 3.23. The SMILES string of the molecule is O=C(c1cccs1)N1C[C@H]2CN(Cc3cnon3)C[C@H]2C1. The molecule has 2 aliphatic heterocycles. The second-order valence-electron chi connectivity index (χ2n) is 5.80. The largest absolute Gasteiger partial charge is 0.337 e. The fraction of sp³-hybridized carbons (Fsp3) is 0.500. The molecule has 4 rings (SSSR count). The molecular formula is C14H16N4O2S. The first-order chi connectivity index (χ1) is 10.3. The topological polar surface area (TPSA) is 62.5 Å². The monoisotopic (exact) mass is 304 g/mol. The first-order valence-electron chi connectivity index (χ1n) is 7.11. The molecule has 0 N–H and O–H groups in total. The van der Waals surface area contributed by atoms with E-state index in [2.05, 4.69) is 19.8 Å². The molecule has 110 valence electrons. The molecule has 0 saturated carbocycles. The summed E-state index contributed by atoms with van der Waals surface area (Å²) in [6, 6.07) is 3.84. The van der Waals surface area contributed by atoms with Crippen LogP contribution < -0.4 is 0 Å². The van der Waals surface area contributed by atoms with Crippen LogP contribution in [0.15, 0.2) is 28.3 Å². The standard InChI is InChI=1S/C14H16N4O2S/c19-14(13-2-1-3-21-13)18-7-10-5-17(6-11(10)8-18)9-12-4-15-20-16-12/h1-4,10-11H,5-9H2/t10-,11+. The number of rotatable bonds is 3. The molecule has 2 aliphatic rings. The van der Waals surface area contributed by atoms with E-state index in [1.165, 1.54) is 11.3 Å². The first kappa shape index (κ1) is 13.0. The maximum atomic E-state index is 12.4. The molecular weight excluding hydrogens is 288 g/mol. The van der Waals surface area contributed by atoms with Crippen molar-refractivity contribution in [2.45, 2.75) is 6.54 Å². The van der Waals surface area contributed by atoms with E-state index < -0.39 is 0 Å². The lowest BCUT2D eigenvalue weighted by Crippen LogP contribution is -2.32. The average molecular weight is 304 g/mol. The van der Waals surface area contributed by atoms with Crippen molar-refractivity contribution < 1.29 is 9.42 Å². The van der Waals surface area contributed by atoms with Gasteiger partial charge in [-0.3, -0.25) is 9.69 Å². The Bertz CT molecular complexity index is 599. The van der Waals surface area contributed by atoms with E-state index in [4.69, 9.17) is 0 Å². The predicted molar refractivity (Wildman–Crippen MR) is 76.8 cm³/mol. The highest BCUT2D eigenvalue weighted by molar-refractivity contribution is 7.12. The van der Waals surface area contributed by atoms with Crippen molar-refractivity contribution in [2.24, 2.45) is 11.8 Å². The summed E-state index contributed by atoms with van der Waals surface area (Å²) in [6.45, 7) is 4.57. The van der Waals surface area contributed by atoms with Crippen molar-refractivity contribution in [1.82, 2.24) is 20.1 Å². The number of carbonyl (C=O) groups excluding carboxylic acids is 1. The van der Waals surface area contributed by atoms with Gasteiger partial charge in [0.15, 0.2) is 0 Å². The third-order valence-electron chi connectivity index (χ3n) is 4.37. The molecule has 0 spiro atoms. The Labute approximate surface area is 126 Å². The molecule has 1 amide bonds. The van der Waals surface area contributed by atoms with Gasteiger partial charge in [-0.1, -0.05) is 16.4 Å². The van der Waals surface area contributed by atoms with E-state index in [0.717, 1.165) is 43.3 Å². The second-order valence-corrected chi connectivity index (χ2v) is 6.75. The van der Waals surface area contributed by atoms with Crippen molar-refractivity contribution in [1.29, 1.82) is 0 Å². The van der Waals surface area contributed by atoms with Crippen LogP contribution in [0.1, 0.15) is 15.4 Å². The van der Waals surface area contributed by atoms with Crippen LogP contribution in [0.5, 0.6) is 0 Å². The molecule has 2 aromatic heterocycles. The first-order valence-corrected chi connectivity index (χ1v) is 7.99. The molecule has 21 heavy (non-hydrogen) atoms. The van der Waals surface area contributed by atoms with Gasteiger partial charge in [-0.15, -0.1) is 11.3 Å². The van der Waals surface area contributed by atoms with E-state index in [-0.39, 0.29) is 5.91 Å². The summed E-state index contributed by atoms with van der Waals surface area (Å²) in [6.07, 6.45) is 1.67. The smallest absolute Gasteiger partial charge is 0.263 e. The number of hydrogen-bond donors (Lipinski definition) is 0. The Morgan fingerprint density at radius 3 is 2.76 bits per heavy atom. The second kappa shape index (κ2) is 5.23. The highest BCUT2D eigenvalue weighted by Gasteiger charge is 2.41. The van der Waals surface area contributed by atoms with Gasteiger partial charge in [0.05, 0.1) is 11.1 Å². The molecule has 0 unspecified atom stereocenters. The molecule has 2 fully saturated rings.